The van der Waals surface area contributed by atoms with E-state index in [9.17, 15) is 4.79 Å². The Labute approximate surface area is 109 Å². The van der Waals surface area contributed by atoms with Crippen LogP contribution >= 0.6 is 0 Å². The van der Waals surface area contributed by atoms with Gasteiger partial charge in [-0.2, -0.15) is 0 Å². The van der Waals surface area contributed by atoms with Gasteiger partial charge in [0.1, 0.15) is 0 Å². The van der Waals surface area contributed by atoms with Crippen molar-refractivity contribution in [1.82, 2.24) is 9.80 Å². The van der Waals surface area contributed by atoms with E-state index in [1.54, 1.807) is 0 Å². The molecular formula is C14H23N3O. The molecule has 2 fully saturated rings. The van der Waals surface area contributed by atoms with Gasteiger partial charge in [-0.05, 0) is 32.4 Å². The topological polar surface area (TPSA) is 49.6 Å². The van der Waals surface area contributed by atoms with E-state index in [1.165, 1.54) is 0 Å². The number of rotatable bonds is 3. The predicted octanol–water partition coefficient (Wildman–Crippen LogP) is 0.424. The van der Waals surface area contributed by atoms with Gasteiger partial charge in [0, 0.05) is 38.0 Å². The molecule has 18 heavy (non-hydrogen) atoms. The number of terminal acetylenes is 1. The highest BCUT2D eigenvalue weighted by molar-refractivity contribution is 5.76. The maximum absolute atomic E-state index is 11.9. The van der Waals surface area contributed by atoms with E-state index in [1.807, 2.05) is 4.90 Å². The van der Waals surface area contributed by atoms with Gasteiger partial charge in [0.2, 0.25) is 5.91 Å². The Morgan fingerprint density at radius 3 is 2.67 bits per heavy atom. The van der Waals surface area contributed by atoms with E-state index in [2.05, 4.69) is 10.8 Å². The minimum absolute atomic E-state index is 0.212. The van der Waals surface area contributed by atoms with Crippen molar-refractivity contribution in [3.63, 3.8) is 0 Å². The lowest BCUT2D eigenvalue weighted by Crippen LogP contribution is -2.46. The van der Waals surface area contributed by atoms with Crippen LogP contribution in [0.1, 0.15) is 32.1 Å². The van der Waals surface area contributed by atoms with Gasteiger partial charge in [-0.25, -0.2) is 0 Å². The SMILES string of the molecule is C#CCCC(=O)N1CCC(N2CCC(N)CC2)C1. The van der Waals surface area contributed by atoms with Crippen molar-refractivity contribution in [3.05, 3.63) is 0 Å². The Hall–Kier alpha value is -1.05. The van der Waals surface area contributed by atoms with Crippen LogP contribution in [0.3, 0.4) is 0 Å². The Morgan fingerprint density at radius 1 is 1.28 bits per heavy atom. The summed E-state index contributed by atoms with van der Waals surface area (Å²) in [7, 11) is 0. The smallest absolute Gasteiger partial charge is 0.223 e. The molecule has 1 unspecified atom stereocenters. The summed E-state index contributed by atoms with van der Waals surface area (Å²) in [6.45, 7) is 3.92. The molecule has 2 saturated heterocycles. The number of carbonyl (C=O) groups excluding carboxylic acids is 1. The summed E-state index contributed by atoms with van der Waals surface area (Å²) in [5.74, 6) is 2.74. The first-order valence-corrected chi connectivity index (χ1v) is 6.91. The van der Waals surface area contributed by atoms with Crippen molar-refractivity contribution in [1.29, 1.82) is 0 Å². The molecule has 2 aliphatic heterocycles. The van der Waals surface area contributed by atoms with Gasteiger partial charge in [-0.1, -0.05) is 0 Å². The quantitative estimate of drug-likeness (QED) is 0.738. The Kier molecular flexibility index (Phi) is 4.62. The van der Waals surface area contributed by atoms with Gasteiger partial charge in [-0.15, -0.1) is 12.3 Å². The number of piperidine rings is 1. The third-order valence-electron chi connectivity index (χ3n) is 4.09. The van der Waals surface area contributed by atoms with E-state index in [0.717, 1.165) is 45.4 Å². The van der Waals surface area contributed by atoms with Crippen LogP contribution in [0, 0.1) is 12.3 Å². The minimum atomic E-state index is 0.212. The largest absolute Gasteiger partial charge is 0.341 e. The first-order chi connectivity index (χ1) is 8.70. The number of amides is 1. The molecule has 2 N–H and O–H groups in total. The average molecular weight is 249 g/mol. The highest BCUT2D eigenvalue weighted by Gasteiger charge is 2.31. The molecule has 100 valence electrons. The molecule has 2 heterocycles. The molecule has 2 aliphatic rings. The molecule has 0 aromatic rings. The molecule has 4 heteroatoms. The third kappa shape index (κ3) is 3.24. The summed E-state index contributed by atoms with van der Waals surface area (Å²) in [6.07, 6.45) is 9.50. The molecule has 1 amide bonds. The minimum Gasteiger partial charge on any atom is -0.341 e. The van der Waals surface area contributed by atoms with Crippen LogP contribution in [-0.2, 0) is 4.79 Å². The van der Waals surface area contributed by atoms with Gasteiger partial charge < -0.3 is 10.6 Å². The van der Waals surface area contributed by atoms with E-state index in [0.29, 0.717) is 24.9 Å². The second-order valence-corrected chi connectivity index (χ2v) is 5.36. The van der Waals surface area contributed by atoms with E-state index < -0.39 is 0 Å². The van der Waals surface area contributed by atoms with Crippen LogP contribution in [-0.4, -0.2) is 54.0 Å². The van der Waals surface area contributed by atoms with E-state index in [4.69, 9.17) is 12.2 Å². The summed E-state index contributed by atoms with van der Waals surface area (Å²) in [4.78, 5) is 16.3. The van der Waals surface area contributed by atoms with Crippen LogP contribution in [0.5, 0.6) is 0 Å². The van der Waals surface area contributed by atoms with Crippen molar-refractivity contribution >= 4 is 5.91 Å². The van der Waals surface area contributed by atoms with Gasteiger partial charge >= 0.3 is 0 Å². The van der Waals surface area contributed by atoms with Crippen molar-refractivity contribution in [2.75, 3.05) is 26.2 Å². The normalized spacial score (nSPS) is 26.2. The second-order valence-electron chi connectivity index (χ2n) is 5.36. The molecule has 0 bridgehead atoms. The van der Waals surface area contributed by atoms with Crippen LogP contribution in [0.15, 0.2) is 0 Å². The zero-order valence-corrected chi connectivity index (χ0v) is 11.0. The Balaban J connectivity index is 1.78. The number of likely N-dealkylation sites (tertiary alicyclic amines) is 2. The number of nitrogens with zero attached hydrogens (tertiary/aromatic N) is 2. The molecule has 0 aromatic heterocycles. The average Bonchev–Trinajstić information content (AvgIpc) is 2.86. The summed E-state index contributed by atoms with van der Waals surface area (Å²) >= 11 is 0. The molecule has 0 saturated carbocycles. The van der Waals surface area contributed by atoms with Crippen molar-refractivity contribution in [2.45, 2.75) is 44.2 Å². The lowest BCUT2D eigenvalue weighted by atomic mass is 10.0. The standard InChI is InChI=1S/C14H23N3O/c1-2-3-4-14(18)17-10-7-13(11-17)16-8-5-12(15)6-9-16/h1,12-13H,3-11,15H2. The van der Waals surface area contributed by atoms with Gasteiger partial charge in [0.05, 0.1) is 0 Å². The summed E-state index contributed by atoms with van der Waals surface area (Å²) < 4.78 is 0. The van der Waals surface area contributed by atoms with Crippen molar-refractivity contribution in [3.8, 4) is 12.3 Å². The molecular weight excluding hydrogens is 226 g/mol. The molecule has 0 aliphatic carbocycles. The van der Waals surface area contributed by atoms with Gasteiger partial charge in [0.25, 0.3) is 0 Å². The molecule has 2 rings (SSSR count). The Morgan fingerprint density at radius 2 is 2.00 bits per heavy atom. The van der Waals surface area contributed by atoms with Crippen LogP contribution < -0.4 is 5.73 Å². The van der Waals surface area contributed by atoms with E-state index in [-0.39, 0.29) is 5.91 Å². The van der Waals surface area contributed by atoms with Crippen molar-refractivity contribution in [2.24, 2.45) is 5.73 Å². The zero-order valence-electron chi connectivity index (χ0n) is 11.0. The fourth-order valence-corrected chi connectivity index (χ4v) is 2.89. The molecule has 0 spiro atoms. The zero-order chi connectivity index (χ0) is 13.0. The lowest BCUT2D eigenvalue weighted by Gasteiger charge is -2.34. The molecule has 0 radical (unpaired) electrons. The van der Waals surface area contributed by atoms with E-state index >= 15 is 0 Å². The first-order valence-electron chi connectivity index (χ1n) is 6.91. The van der Waals surface area contributed by atoms with Crippen LogP contribution in [0.2, 0.25) is 0 Å². The molecule has 4 nitrogen and oxygen atoms in total. The highest BCUT2D eigenvalue weighted by Crippen LogP contribution is 2.20. The van der Waals surface area contributed by atoms with Crippen molar-refractivity contribution < 1.29 is 4.79 Å². The number of hydrogen-bond acceptors (Lipinski definition) is 3. The monoisotopic (exact) mass is 249 g/mol. The Bertz CT molecular complexity index is 328. The summed E-state index contributed by atoms with van der Waals surface area (Å²) in [6, 6.07) is 0.906. The van der Waals surface area contributed by atoms with Crippen LogP contribution in [0.4, 0.5) is 0 Å². The highest BCUT2D eigenvalue weighted by atomic mass is 16.2. The maximum Gasteiger partial charge on any atom is 0.223 e. The second kappa shape index (κ2) is 6.21. The number of carbonyl (C=O) groups is 1. The van der Waals surface area contributed by atoms with Crippen LogP contribution in [0.25, 0.3) is 0 Å². The summed E-state index contributed by atoms with van der Waals surface area (Å²) in [5.41, 5.74) is 5.92. The summed E-state index contributed by atoms with van der Waals surface area (Å²) in [5, 5.41) is 0. The molecule has 0 aromatic carbocycles. The number of hydrogen-bond donors (Lipinski definition) is 1. The fourth-order valence-electron chi connectivity index (χ4n) is 2.89. The van der Waals surface area contributed by atoms with Gasteiger partial charge in [-0.3, -0.25) is 9.69 Å². The van der Waals surface area contributed by atoms with Gasteiger partial charge in [0.15, 0.2) is 0 Å². The molecule has 1 atom stereocenters. The number of nitrogens with two attached hydrogens (primary N) is 1. The maximum atomic E-state index is 11.9. The fraction of sp³-hybridized carbons (Fsp3) is 0.786. The third-order valence-corrected chi connectivity index (χ3v) is 4.09. The first kappa shape index (κ1) is 13.4. The lowest BCUT2D eigenvalue weighted by molar-refractivity contribution is -0.130. The predicted molar refractivity (Wildman–Crippen MR) is 71.8 cm³/mol.